The van der Waals surface area contributed by atoms with Gasteiger partial charge >= 0.3 is 0 Å². The first-order valence-electron chi connectivity index (χ1n) is 6.38. The number of aliphatic hydroxyl groups is 1. The fourth-order valence-corrected chi connectivity index (χ4v) is 1.71. The maximum atomic E-state index is 13.7. The van der Waals surface area contributed by atoms with Crippen LogP contribution in [0.4, 0.5) is 4.39 Å². The molecule has 0 fully saturated rings. The van der Waals surface area contributed by atoms with Crippen LogP contribution >= 0.6 is 0 Å². The molecule has 0 aliphatic rings. The van der Waals surface area contributed by atoms with Gasteiger partial charge in [-0.3, -0.25) is 0 Å². The van der Waals surface area contributed by atoms with E-state index in [0.29, 0.717) is 12.4 Å². The SMILES string of the molecule is COc1ccc(COc2ccc(C#CCO)c(F)c2)cc1. The van der Waals surface area contributed by atoms with Gasteiger partial charge in [0.25, 0.3) is 0 Å². The van der Waals surface area contributed by atoms with Gasteiger partial charge in [0.15, 0.2) is 0 Å². The van der Waals surface area contributed by atoms with Crippen LogP contribution in [0.3, 0.4) is 0 Å². The summed E-state index contributed by atoms with van der Waals surface area (Å²) in [5.41, 5.74) is 1.20. The number of ether oxygens (including phenoxy) is 2. The summed E-state index contributed by atoms with van der Waals surface area (Å²) in [6.07, 6.45) is 0. The van der Waals surface area contributed by atoms with Gasteiger partial charge in [-0.25, -0.2) is 4.39 Å². The van der Waals surface area contributed by atoms with Gasteiger partial charge in [-0.05, 0) is 29.8 Å². The van der Waals surface area contributed by atoms with Crippen LogP contribution in [0.1, 0.15) is 11.1 Å². The topological polar surface area (TPSA) is 38.7 Å². The fraction of sp³-hybridized carbons (Fsp3) is 0.176. The molecule has 0 radical (unpaired) electrons. The number of benzene rings is 2. The van der Waals surface area contributed by atoms with Crippen molar-refractivity contribution in [2.75, 3.05) is 13.7 Å². The number of hydrogen-bond acceptors (Lipinski definition) is 3. The molecule has 0 saturated heterocycles. The monoisotopic (exact) mass is 286 g/mol. The smallest absolute Gasteiger partial charge is 0.142 e. The van der Waals surface area contributed by atoms with Crippen LogP contribution in [0, 0.1) is 17.7 Å². The van der Waals surface area contributed by atoms with Crippen LogP contribution in [-0.2, 0) is 6.61 Å². The number of methoxy groups -OCH3 is 1. The molecule has 0 aliphatic carbocycles. The average molecular weight is 286 g/mol. The van der Waals surface area contributed by atoms with E-state index in [1.165, 1.54) is 12.1 Å². The van der Waals surface area contributed by atoms with E-state index in [-0.39, 0.29) is 12.2 Å². The molecule has 3 nitrogen and oxygen atoms in total. The summed E-state index contributed by atoms with van der Waals surface area (Å²) in [4.78, 5) is 0. The zero-order valence-corrected chi connectivity index (χ0v) is 11.6. The quantitative estimate of drug-likeness (QED) is 0.878. The van der Waals surface area contributed by atoms with E-state index in [4.69, 9.17) is 14.6 Å². The average Bonchev–Trinajstić information content (AvgIpc) is 2.52. The van der Waals surface area contributed by atoms with Crippen molar-refractivity contribution in [2.45, 2.75) is 6.61 Å². The third-order valence-electron chi connectivity index (χ3n) is 2.81. The van der Waals surface area contributed by atoms with Crippen molar-refractivity contribution in [3.05, 3.63) is 59.4 Å². The standard InChI is InChI=1S/C17H15FO3/c1-20-15-7-4-13(5-8-15)12-21-16-9-6-14(3-2-10-19)17(18)11-16/h4-9,11,19H,10,12H2,1H3. The summed E-state index contributed by atoms with van der Waals surface area (Å²) in [6, 6.07) is 11.9. The lowest BCUT2D eigenvalue weighted by molar-refractivity contribution is 0.304. The van der Waals surface area contributed by atoms with Gasteiger partial charge in [-0.15, -0.1) is 0 Å². The Hall–Kier alpha value is -2.51. The summed E-state index contributed by atoms with van der Waals surface area (Å²) in [5.74, 6) is 5.67. The molecule has 0 atom stereocenters. The summed E-state index contributed by atoms with van der Waals surface area (Å²) in [7, 11) is 1.61. The van der Waals surface area contributed by atoms with Crippen LogP contribution in [0.5, 0.6) is 11.5 Å². The lowest BCUT2D eigenvalue weighted by Crippen LogP contribution is -1.96. The second kappa shape index (κ2) is 7.32. The number of halogens is 1. The van der Waals surface area contributed by atoms with E-state index >= 15 is 0 Å². The lowest BCUT2D eigenvalue weighted by Gasteiger charge is -2.07. The molecule has 0 aromatic heterocycles. The zero-order chi connectivity index (χ0) is 15.1. The first kappa shape index (κ1) is 14.9. The number of aliphatic hydroxyl groups excluding tert-OH is 1. The second-order valence-corrected chi connectivity index (χ2v) is 4.24. The van der Waals surface area contributed by atoms with Crippen molar-refractivity contribution in [2.24, 2.45) is 0 Å². The Morgan fingerprint density at radius 3 is 2.43 bits per heavy atom. The van der Waals surface area contributed by atoms with Crippen molar-refractivity contribution in [1.29, 1.82) is 0 Å². The molecule has 0 aliphatic heterocycles. The zero-order valence-electron chi connectivity index (χ0n) is 11.6. The Bertz CT molecular complexity index is 654. The lowest BCUT2D eigenvalue weighted by atomic mass is 10.2. The third kappa shape index (κ3) is 4.23. The molecule has 2 aromatic rings. The number of rotatable bonds is 4. The first-order chi connectivity index (χ1) is 10.2. The van der Waals surface area contributed by atoms with Crippen molar-refractivity contribution < 1.29 is 19.0 Å². The Morgan fingerprint density at radius 1 is 1.10 bits per heavy atom. The van der Waals surface area contributed by atoms with Gasteiger partial charge < -0.3 is 14.6 Å². The second-order valence-electron chi connectivity index (χ2n) is 4.24. The van der Waals surface area contributed by atoms with Gasteiger partial charge in [0.05, 0.1) is 12.7 Å². The third-order valence-corrected chi connectivity index (χ3v) is 2.81. The van der Waals surface area contributed by atoms with Crippen molar-refractivity contribution in [3.8, 4) is 23.3 Å². The van der Waals surface area contributed by atoms with Crippen molar-refractivity contribution in [3.63, 3.8) is 0 Å². The van der Waals surface area contributed by atoms with E-state index in [0.717, 1.165) is 11.3 Å². The minimum absolute atomic E-state index is 0.237. The molecule has 0 unspecified atom stereocenters. The highest BCUT2D eigenvalue weighted by molar-refractivity contribution is 5.40. The highest BCUT2D eigenvalue weighted by Gasteiger charge is 2.03. The maximum absolute atomic E-state index is 13.7. The predicted molar refractivity (Wildman–Crippen MR) is 77.7 cm³/mol. The van der Waals surface area contributed by atoms with Crippen LogP contribution in [0.25, 0.3) is 0 Å². The molecule has 108 valence electrons. The van der Waals surface area contributed by atoms with Crippen molar-refractivity contribution >= 4 is 0 Å². The molecule has 0 saturated carbocycles. The van der Waals surface area contributed by atoms with Crippen molar-refractivity contribution in [1.82, 2.24) is 0 Å². The van der Waals surface area contributed by atoms with Crippen LogP contribution in [0.15, 0.2) is 42.5 Å². The Balaban J connectivity index is 2.01. The van der Waals surface area contributed by atoms with Gasteiger partial charge in [0.2, 0.25) is 0 Å². The van der Waals surface area contributed by atoms with Crippen LogP contribution in [-0.4, -0.2) is 18.8 Å². The molecule has 1 N–H and O–H groups in total. The summed E-state index contributed by atoms with van der Waals surface area (Å²) in [6.45, 7) is 0.0419. The maximum Gasteiger partial charge on any atom is 0.142 e. The van der Waals surface area contributed by atoms with E-state index in [9.17, 15) is 4.39 Å². The van der Waals surface area contributed by atoms with Crippen LogP contribution in [0.2, 0.25) is 0 Å². The minimum atomic E-state index is -0.469. The van der Waals surface area contributed by atoms with Crippen LogP contribution < -0.4 is 9.47 Å². The normalized spacial score (nSPS) is 9.67. The minimum Gasteiger partial charge on any atom is -0.497 e. The van der Waals surface area contributed by atoms with Gasteiger partial charge in [-0.2, -0.15) is 0 Å². The first-order valence-corrected chi connectivity index (χ1v) is 6.38. The van der Waals surface area contributed by atoms with E-state index < -0.39 is 5.82 Å². The molecule has 0 spiro atoms. The molecule has 2 rings (SSSR count). The molecule has 2 aromatic carbocycles. The molecule has 4 heteroatoms. The summed E-state index contributed by atoms with van der Waals surface area (Å²) < 4.78 is 24.3. The van der Waals surface area contributed by atoms with Gasteiger partial charge in [0, 0.05) is 6.07 Å². The molecule has 0 amide bonds. The Kier molecular flexibility index (Phi) is 5.19. The number of hydrogen-bond donors (Lipinski definition) is 1. The summed E-state index contributed by atoms with van der Waals surface area (Å²) in [5, 5.41) is 8.59. The summed E-state index contributed by atoms with van der Waals surface area (Å²) >= 11 is 0. The van der Waals surface area contributed by atoms with Gasteiger partial charge in [-0.1, -0.05) is 24.0 Å². The molecule has 21 heavy (non-hydrogen) atoms. The Labute approximate surface area is 122 Å². The highest BCUT2D eigenvalue weighted by Crippen LogP contribution is 2.18. The van der Waals surface area contributed by atoms with E-state index in [1.54, 1.807) is 13.2 Å². The van der Waals surface area contributed by atoms with E-state index in [1.807, 2.05) is 24.3 Å². The predicted octanol–water partition coefficient (Wildman–Crippen LogP) is 2.76. The largest absolute Gasteiger partial charge is 0.497 e. The van der Waals surface area contributed by atoms with Gasteiger partial charge in [0.1, 0.15) is 30.5 Å². The Morgan fingerprint density at radius 2 is 1.81 bits per heavy atom. The fourth-order valence-electron chi connectivity index (χ4n) is 1.71. The highest BCUT2D eigenvalue weighted by atomic mass is 19.1. The molecule has 0 bridgehead atoms. The van der Waals surface area contributed by atoms with E-state index in [2.05, 4.69) is 11.8 Å². The molecular formula is C17H15FO3. The molecular weight excluding hydrogens is 271 g/mol. The molecule has 0 heterocycles.